The van der Waals surface area contributed by atoms with Crippen LogP contribution in [0, 0.1) is 12.7 Å². The van der Waals surface area contributed by atoms with Crippen molar-refractivity contribution in [3.05, 3.63) is 129 Å². The van der Waals surface area contributed by atoms with Gasteiger partial charge in [-0.1, -0.05) is 47.6 Å². The fourth-order valence-corrected chi connectivity index (χ4v) is 4.66. The molecule has 0 aliphatic carbocycles. The van der Waals surface area contributed by atoms with Gasteiger partial charge in [0.1, 0.15) is 12.4 Å². The highest BCUT2D eigenvalue weighted by Gasteiger charge is 2.21. The number of aryl methyl sites for hydroxylation is 2. The smallest absolute Gasteiger partial charge is 0.325 e. The van der Waals surface area contributed by atoms with Gasteiger partial charge in [0.25, 0.3) is 5.91 Å². The molecular weight excluding hydrogens is 525 g/mol. The third-order valence-corrected chi connectivity index (χ3v) is 6.96. The van der Waals surface area contributed by atoms with Crippen molar-refractivity contribution in [3.63, 3.8) is 0 Å². The molecule has 9 heteroatoms. The third kappa shape index (κ3) is 6.94. The van der Waals surface area contributed by atoms with Crippen LogP contribution in [0.4, 0.5) is 4.39 Å². The van der Waals surface area contributed by atoms with Gasteiger partial charge in [0.15, 0.2) is 0 Å². The lowest BCUT2D eigenvalue weighted by Gasteiger charge is -2.21. The van der Waals surface area contributed by atoms with E-state index in [1.54, 1.807) is 37.5 Å². The SMILES string of the molecule is COC(=O)CNC(=O)c1ccc(-c2ccc(C(C/C(=N\O)c3ccc(=O)n(C)c3)c3ccc(F)cc3C)cc2)cc1. The highest BCUT2D eigenvalue weighted by atomic mass is 19.1. The predicted octanol–water partition coefficient (Wildman–Crippen LogP) is 4.80. The Morgan fingerprint density at radius 2 is 1.61 bits per heavy atom. The number of esters is 1. The minimum atomic E-state index is -0.532. The Morgan fingerprint density at radius 3 is 2.20 bits per heavy atom. The Labute approximate surface area is 236 Å². The first kappa shape index (κ1) is 28.9. The van der Waals surface area contributed by atoms with E-state index in [2.05, 4.69) is 15.2 Å². The number of oxime groups is 1. The number of aromatic nitrogens is 1. The number of methoxy groups -OCH3 is 1. The van der Waals surface area contributed by atoms with E-state index in [9.17, 15) is 24.0 Å². The maximum Gasteiger partial charge on any atom is 0.325 e. The number of carbonyl (C=O) groups excluding carboxylic acids is 2. The van der Waals surface area contributed by atoms with E-state index in [0.29, 0.717) is 23.3 Å². The second kappa shape index (κ2) is 12.9. The predicted molar refractivity (Wildman–Crippen MR) is 154 cm³/mol. The lowest BCUT2D eigenvalue weighted by molar-refractivity contribution is -0.139. The number of ether oxygens (including phenoxy) is 1. The first-order valence-electron chi connectivity index (χ1n) is 12.9. The molecule has 4 aromatic rings. The molecule has 210 valence electrons. The van der Waals surface area contributed by atoms with Crippen LogP contribution in [0.3, 0.4) is 0 Å². The summed E-state index contributed by atoms with van der Waals surface area (Å²) in [6.07, 6.45) is 1.92. The van der Waals surface area contributed by atoms with E-state index >= 15 is 0 Å². The van der Waals surface area contributed by atoms with Crippen LogP contribution in [0.5, 0.6) is 0 Å². The fraction of sp³-hybridized carbons (Fsp3) is 0.188. The van der Waals surface area contributed by atoms with E-state index in [-0.39, 0.29) is 29.7 Å². The molecule has 3 aromatic carbocycles. The minimum Gasteiger partial charge on any atom is -0.468 e. The summed E-state index contributed by atoms with van der Waals surface area (Å²) in [6.45, 7) is 1.63. The van der Waals surface area contributed by atoms with Gasteiger partial charge in [0, 0.05) is 42.8 Å². The summed E-state index contributed by atoms with van der Waals surface area (Å²) in [6, 6.07) is 22.5. The number of nitrogens with zero attached hydrogens (tertiary/aromatic N) is 2. The molecule has 0 saturated carbocycles. The van der Waals surface area contributed by atoms with E-state index in [1.165, 1.54) is 29.9 Å². The summed E-state index contributed by atoms with van der Waals surface area (Å²) < 4.78 is 19.9. The highest BCUT2D eigenvalue weighted by molar-refractivity contribution is 6.00. The average molecular weight is 556 g/mol. The van der Waals surface area contributed by atoms with Crippen LogP contribution in [0.2, 0.25) is 0 Å². The molecule has 1 aromatic heterocycles. The minimum absolute atomic E-state index is 0.178. The van der Waals surface area contributed by atoms with Gasteiger partial charge in [-0.15, -0.1) is 0 Å². The number of rotatable bonds is 9. The Morgan fingerprint density at radius 1 is 0.976 bits per heavy atom. The number of benzene rings is 3. The second-order valence-electron chi connectivity index (χ2n) is 9.63. The van der Waals surface area contributed by atoms with Gasteiger partial charge in [-0.2, -0.15) is 0 Å². The Balaban J connectivity index is 1.62. The molecule has 1 amide bonds. The van der Waals surface area contributed by atoms with Gasteiger partial charge in [0.05, 0.1) is 12.8 Å². The number of amides is 1. The summed E-state index contributed by atoms with van der Waals surface area (Å²) >= 11 is 0. The topological polar surface area (TPSA) is 110 Å². The molecule has 0 radical (unpaired) electrons. The van der Waals surface area contributed by atoms with Crippen LogP contribution in [-0.2, 0) is 16.6 Å². The van der Waals surface area contributed by atoms with E-state index < -0.39 is 5.97 Å². The van der Waals surface area contributed by atoms with Gasteiger partial charge >= 0.3 is 5.97 Å². The van der Waals surface area contributed by atoms with Crippen LogP contribution in [0.25, 0.3) is 11.1 Å². The van der Waals surface area contributed by atoms with Crippen molar-refractivity contribution < 1.29 is 23.9 Å². The standard InChI is InChI=1S/C32H30FN3O5/c1-20-16-26(33)13-14-27(20)28(17-29(35-40)25-12-15-30(37)36(2)19-25)23-8-4-21(5-9-23)22-6-10-24(11-7-22)32(39)34-18-31(38)41-3/h4-16,19,28,40H,17-18H2,1-3H3,(H,34,39)/b35-29+. The third-order valence-electron chi connectivity index (χ3n) is 6.96. The monoisotopic (exact) mass is 555 g/mol. The maximum atomic E-state index is 14.0. The summed E-state index contributed by atoms with van der Waals surface area (Å²) in [7, 11) is 2.88. The molecule has 1 unspecified atom stereocenters. The maximum absolute atomic E-state index is 14.0. The lowest BCUT2D eigenvalue weighted by atomic mass is 9.83. The van der Waals surface area contributed by atoms with Crippen molar-refractivity contribution in [2.24, 2.45) is 12.2 Å². The molecule has 0 aliphatic rings. The number of carbonyl (C=O) groups is 2. The summed E-state index contributed by atoms with van der Waals surface area (Å²) in [5, 5.41) is 16.0. The van der Waals surface area contributed by atoms with Crippen molar-refractivity contribution in [1.82, 2.24) is 9.88 Å². The quantitative estimate of drug-likeness (QED) is 0.133. The van der Waals surface area contributed by atoms with Gasteiger partial charge in [-0.05, 0) is 65.1 Å². The average Bonchev–Trinajstić information content (AvgIpc) is 2.98. The first-order chi connectivity index (χ1) is 19.7. The highest BCUT2D eigenvalue weighted by Crippen LogP contribution is 2.33. The molecule has 2 N–H and O–H groups in total. The van der Waals surface area contributed by atoms with Crippen LogP contribution < -0.4 is 10.9 Å². The van der Waals surface area contributed by atoms with Crippen LogP contribution in [0.1, 0.15) is 45.0 Å². The number of nitrogens with one attached hydrogen (secondary N) is 1. The molecule has 1 atom stereocenters. The van der Waals surface area contributed by atoms with Crippen LogP contribution in [0.15, 0.2) is 95.0 Å². The van der Waals surface area contributed by atoms with E-state index in [0.717, 1.165) is 27.8 Å². The molecular formula is C32H30FN3O5. The molecule has 0 aliphatic heterocycles. The Hall–Kier alpha value is -5.05. The summed E-state index contributed by atoms with van der Waals surface area (Å²) in [5.41, 5.74) is 5.60. The normalized spacial score (nSPS) is 12.0. The molecule has 0 saturated heterocycles. The lowest BCUT2D eigenvalue weighted by Crippen LogP contribution is -2.30. The fourth-order valence-electron chi connectivity index (χ4n) is 4.66. The molecule has 4 rings (SSSR count). The van der Waals surface area contributed by atoms with Crippen LogP contribution >= 0.6 is 0 Å². The largest absolute Gasteiger partial charge is 0.468 e. The van der Waals surface area contributed by atoms with Gasteiger partial charge in [0.2, 0.25) is 5.56 Å². The molecule has 1 heterocycles. The number of halogens is 1. The van der Waals surface area contributed by atoms with E-state index in [4.69, 9.17) is 0 Å². The summed E-state index contributed by atoms with van der Waals surface area (Å²) in [4.78, 5) is 35.4. The van der Waals surface area contributed by atoms with Crippen LogP contribution in [-0.4, -0.2) is 41.0 Å². The zero-order valence-corrected chi connectivity index (χ0v) is 22.9. The number of hydrogen-bond acceptors (Lipinski definition) is 6. The van der Waals surface area contributed by atoms with Crippen molar-refractivity contribution in [1.29, 1.82) is 0 Å². The molecule has 41 heavy (non-hydrogen) atoms. The van der Waals surface area contributed by atoms with E-state index in [1.807, 2.05) is 43.3 Å². The Bertz CT molecular complexity index is 1640. The summed E-state index contributed by atoms with van der Waals surface area (Å²) in [5.74, 6) is -1.52. The van der Waals surface area contributed by atoms with Gasteiger partial charge < -0.3 is 19.8 Å². The van der Waals surface area contributed by atoms with Gasteiger partial charge in [-0.3, -0.25) is 14.4 Å². The van der Waals surface area contributed by atoms with Crippen molar-refractivity contribution in [3.8, 4) is 11.1 Å². The van der Waals surface area contributed by atoms with Crippen molar-refractivity contribution >= 4 is 17.6 Å². The number of hydrogen-bond donors (Lipinski definition) is 2. The van der Waals surface area contributed by atoms with Crippen molar-refractivity contribution in [2.45, 2.75) is 19.3 Å². The zero-order chi connectivity index (χ0) is 29.5. The van der Waals surface area contributed by atoms with Crippen molar-refractivity contribution in [2.75, 3.05) is 13.7 Å². The first-order valence-corrected chi connectivity index (χ1v) is 12.9. The Kier molecular flexibility index (Phi) is 9.08. The molecule has 0 spiro atoms. The molecule has 0 bridgehead atoms. The number of pyridine rings is 1. The van der Waals surface area contributed by atoms with Gasteiger partial charge in [-0.25, -0.2) is 4.39 Å². The second-order valence-corrected chi connectivity index (χ2v) is 9.63. The molecule has 0 fully saturated rings. The molecule has 8 nitrogen and oxygen atoms in total. The zero-order valence-electron chi connectivity index (χ0n) is 22.9.